The Morgan fingerprint density at radius 3 is 1.88 bits per heavy atom. The molecule has 11 aromatic rings. The number of nitrogens with zero attached hydrogens (tertiary/aromatic N) is 4. The lowest BCUT2D eigenvalue weighted by atomic mass is 9.66. The fourth-order valence-electron chi connectivity index (χ4n) is 9.75. The number of rotatable bonds is 3. The molecule has 0 N–H and O–H groups in total. The second-order valence-corrected chi connectivity index (χ2v) is 15.1. The van der Waals surface area contributed by atoms with Gasteiger partial charge in [-0.25, -0.2) is 4.98 Å². The monoisotopic (exact) mass is 742 g/mol. The second kappa shape index (κ2) is 11.6. The first-order valence-corrected chi connectivity index (χ1v) is 19.5. The molecule has 1 aliphatic heterocycles. The van der Waals surface area contributed by atoms with Crippen molar-refractivity contribution in [3.8, 4) is 51.3 Å². The smallest absolute Gasteiger partial charge is 0.238 e. The van der Waals surface area contributed by atoms with Gasteiger partial charge in [-0.2, -0.15) is 9.97 Å². The van der Waals surface area contributed by atoms with Gasteiger partial charge in [0.05, 0.1) is 22.0 Å². The number of benzene rings is 8. The van der Waals surface area contributed by atoms with Crippen molar-refractivity contribution in [1.82, 2.24) is 19.5 Å². The standard InChI is InChI=1S/C52H30N4O2/c1-2-15-31(16-3-1)49-53-50(36-21-14-20-35-34-19-6-11-26-45(34)58-48(35)36)55-51(54-49)56-43-25-10-5-18-33(43)38-29-37-32-17-4-7-22-39(32)52(42(37)30-44(38)56)40-23-8-12-27-46(40)57-47-28-13-9-24-41(47)52/h1-30H. The first kappa shape index (κ1) is 31.4. The number of fused-ring (bicyclic) bond motifs is 15. The molecule has 0 saturated carbocycles. The Morgan fingerprint density at radius 1 is 0.414 bits per heavy atom. The van der Waals surface area contributed by atoms with Crippen LogP contribution in [0.5, 0.6) is 11.5 Å². The Balaban J connectivity index is 1.15. The molecule has 13 rings (SSSR count). The summed E-state index contributed by atoms with van der Waals surface area (Å²) in [7, 11) is 0. The maximum absolute atomic E-state index is 6.64. The third-order valence-corrected chi connectivity index (χ3v) is 12.1. The first-order valence-electron chi connectivity index (χ1n) is 19.5. The van der Waals surface area contributed by atoms with Crippen LogP contribution in [0.4, 0.5) is 0 Å². The van der Waals surface area contributed by atoms with E-state index < -0.39 is 5.41 Å². The van der Waals surface area contributed by atoms with Crippen molar-refractivity contribution in [2.24, 2.45) is 0 Å². The Hall–Kier alpha value is -7.83. The summed E-state index contributed by atoms with van der Waals surface area (Å²) in [5.41, 5.74) is 11.8. The summed E-state index contributed by atoms with van der Waals surface area (Å²) in [6.07, 6.45) is 0. The van der Waals surface area contributed by atoms with Gasteiger partial charge in [-0.1, -0.05) is 140 Å². The minimum absolute atomic E-state index is 0.528. The quantitative estimate of drug-likeness (QED) is 0.180. The van der Waals surface area contributed by atoms with Crippen LogP contribution in [0, 0.1) is 0 Å². The van der Waals surface area contributed by atoms with E-state index in [0.29, 0.717) is 17.6 Å². The molecular weight excluding hydrogens is 713 g/mol. The summed E-state index contributed by atoms with van der Waals surface area (Å²) in [6, 6.07) is 63.6. The van der Waals surface area contributed by atoms with Crippen molar-refractivity contribution in [2.75, 3.05) is 0 Å². The van der Waals surface area contributed by atoms with Gasteiger partial charge in [-0.15, -0.1) is 0 Å². The average Bonchev–Trinajstić information content (AvgIpc) is 3.92. The zero-order chi connectivity index (χ0) is 38.0. The maximum atomic E-state index is 6.64. The molecular formula is C52H30N4O2. The van der Waals surface area contributed by atoms with Crippen LogP contribution in [0.25, 0.3) is 83.6 Å². The fourth-order valence-corrected chi connectivity index (χ4v) is 9.75. The third kappa shape index (κ3) is 4.13. The number of aromatic nitrogens is 4. The van der Waals surface area contributed by atoms with E-state index >= 15 is 0 Å². The molecule has 3 aromatic heterocycles. The van der Waals surface area contributed by atoms with E-state index in [2.05, 4.69) is 132 Å². The minimum atomic E-state index is -0.622. The van der Waals surface area contributed by atoms with Gasteiger partial charge in [-0.3, -0.25) is 4.57 Å². The molecule has 58 heavy (non-hydrogen) atoms. The van der Waals surface area contributed by atoms with Crippen LogP contribution >= 0.6 is 0 Å². The van der Waals surface area contributed by atoms with E-state index in [1.165, 1.54) is 22.3 Å². The summed E-state index contributed by atoms with van der Waals surface area (Å²) in [4.78, 5) is 15.8. The Bertz CT molecular complexity index is 3460. The van der Waals surface area contributed by atoms with Crippen LogP contribution in [0.3, 0.4) is 0 Å². The summed E-state index contributed by atoms with van der Waals surface area (Å²) in [5.74, 6) is 3.37. The van der Waals surface area contributed by atoms with Crippen molar-refractivity contribution in [2.45, 2.75) is 5.41 Å². The van der Waals surface area contributed by atoms with E-state index in [-0.39, 0.29) is 0 Å². The van der Waals surface area contributed by atoms with Gasteiger partial charge in [0.1, 0.15) is 22.7 Å². The lowest BCUT2D eigenvalue weighted by Crippen LogP contribution is -2.32. The van der Waals surface area contributed by atoms with Gasteiger partial charge in [-0.05, 0) is 64.7 Å². The summed E-state index contributed by atoms with van der Waals surface area (Å²) in [5, 5.41) is 4.32. The Kier molecular flexibility index (Phi) is 6.28. The summed E-state index contributed by atoms with van der Waals surface area (Å²) in [6.45, 7) is 0. The minimum Gasteiger partial charge on any atom is -0.457 e. The fraction of sp³-hybridized carbons (Fsp3) is 0.0192. The van der Waals surface area contributed by atoms with Crippen molar-refractivity contribution in [3.05, 3.63) is 204 Å². The largest absolute Gasteiger partial charge is 0.457 e. The normalized spacial score (nSPS) is 13.4. The number of hydrogen-bond donors (Lipinski definition) is 0. The predicted molar refractivity (Wildman–Crippen MR) is 230 cm³/mol. The van der Waals surface area contributed by atoms with E-state index in [1.54, 1.807) is 0 Å². The SMILES string of the molecule is c1ccc(-c2nc(-c3cccc4c3oc3ccccc34)nc(-n3c4ccccc4c4cc5c(cc43)C3(c4ccccc4Oc4ccccc43)c3ccccc3-5)n2)cc1. The number of furan rings is 1. The molecule has 0 unspecified atom stereocenters. The van der Waals surface area contributed by atoms with Gasteiger partial charge in [0.25, 0.3) is 0 Å². The van der Waals surface area contributed by atoms with Crippen molar-refractivity contribution in [1.29, 1.82) is 0 Å². The summed E-state index contributed by atoms with van der Waals surface area (Å²) >= 11 is 0. The van der Waals surface area contributed by atoms with Crippen LogP contribution in [0.1, 0.15) is 22.3 Å². The van der Waals surface area contributed by atoms with Crippen LogP contribution in [-0.4, -0.2) is 19.5 Å². The molecule has 6 heteroatoms. The van der Waals surface area contributed by atoms with E-state index in [4.69, 9.17) is 24.1 Å². The molecule has 0 fully saturated rings. The highest BCUT2D eigenvalue weighted by molar-refractivity contribution is 6.12. The summed E-state index contributed by atoms with van der Waals surface area (Å²) < 4.78 is 15.4. The molecule has 0 radical (unpaired) electrons. The Labute approximate surface area is 332 Å². The molecule has 0 bridgehead atoms. The van der Waals surface area contributed by atoms with Crippen LogP contribution in [0.2, 0.25) is 0 Å². The van der Waals surface area contributed by atoms with Crippen LogP contribution in [-0.2, 0) is 5.41 Å². The topological polar surface area (TPSA) is 66.0 Å². The molecule has 8 aromatic carbocycles. The van der Waals surface area contributed by atoms with Gasteiger partial charge in [0.2, 0.25) is 5.95 Å². The van der Waals surface area contributed by atoms with E-state index in [0.717, 1.165) is 77.5 Å². The van der Waals surface area contributed by atoms with Crippen LogP contribution < -0.4 is 4.74 Å². The molecule has 1 aliphatic carbocycles. The average molecular weight is 743 g/mol. The zero-order valence-corrected chi connectivity index (χ0v) is 30.9. The second-order valence-electron chi connectivity index (χ2n) is 15.1. The molecule has 0 saturated heterocycles. The lowest BCUT2D eigenvalue weighted by Gasteiger charge is -2.39. The molecule has 1 spiro atoms. The predicted octanol–water partition coefficient (Wildman–Crippen LogP) is 12.7. The maximum Gasteiger partial charge on any atom is 0.238 e. The van der Waals surface area contributed by atoms with Crippen molar-refractivity contribution < 1.29 is 9.15 Å². The number of ether oxygens (including phenoxy) is 1. The first-order chi connectivity index (χ1) is 28.8. The number of hydrogen-bond acceptors (Lipinski definition) is 5. The van der Waals surface area contributed by atoms with Gasteiger partial charge in [0.15, 0.2) is 11.6 Å². The third-order valence-electron chi connectivity index (χ3n) is 12.1. The molecule has 270 valence electrons. The van der Waals surface area contributed by atoms with Gasteiger partial charge in [0, 0.05) is 38.2 Å². The number of para-hydroxylation sites is 5. The van der Waals surface area contributed by atoms with Crippen molar-refractivity contribution >= 4 is 43.7 Å². The van der Waals surface area contributed by atoms with Gasteiger partial charge < -0.3 is 9.15 Å². The van der Waals surface area contributed by atoms with E-state index in [1.807, 2.05) is 54.6 Å². The molecule has 0 atom stereocenters. The highest BCUT2D eigenvalue weighted by Gasteiger charge is 2.51. The molecule has 6 nitrogen and oxygen atoms in total. The molecule has 4 heterocycles. The van der Waals surface area contributed by atoms with Crippen LogP contribution in [0.15, 0.2) is 186 Å². The molecule has 2 aliphatic rings. The highest BCUT2D eigenvalue weighted by Crippen LogP contribution is 2.62. The van der Waals surface area contributed by atoms with Crippen molar-refractivity contribution in [3.63, 3.8) is 0 Å². The zero-order valence-electron chi connectivity index (χ0n) is 30.9. The van der Waals surface area contributed by atoms with E-state index in [9.17, 15) is 0 Å². The van der Waals surface area contributed by atoms with Gasteiger partial charge >= 0.3 is 0 Å². The highest BCUT2D eigenvalue weighted by atomic mass is 16.5. The lowest BCUT2D eigenvalue weighted by molar-refractivity contribution is 0.436. The Morgan fingerprint density at radius 2 is 1.05 bits per heavy atom. The molecule has 0 amide bonds.